The number of benzene rings is 10. The molecule has 0 fully saturated rings. The van der Waals surface area contributed by atoms with E-state index in [2.05, 4.69) is 240 Å². The lowest BCUT2D eigenvalue weighted by Gasteiger charge is -2.30. The van der Waals surface area contributed by atoms with Crippen LogP contribution in [0.15, 0.2) is 231 Å². The topological polar surface area (TPSA) is 8.17 Å². The molecule has 0 unspecified atom stereocenters. The van der Waals surface area contributed by atoms with Crippen LogP contribution >= 0.6 is 11.3 Å². The van der Waals surface area contributed by atoms with Gasteiger partial charge in [0.25, 0.3) is 0 Å². The summed E-state index contributed by atoms with van der Waals surface area (Å²) in [5.41, 5.74) is 14.0. The van der Waals surface area contributed by atoms with Gasteiger partial charge in [0.05, 0.1) is 22.4 Å². The third-order valence-electron chi connectivity index (χ3n) is 12.2. The van der Waals surface area contributed by atoms with Crippen LogP contribution in [-0.2, 0) is 0 Å². The Balaban J connectivity index is 1.17. The Morgan fingerprint density at radius 3 is 1.85 bits per heavy atom. The van der Waals surface area contributed by atoms with E-state index in [4.69, 9.17) is 0 Å². The average Bonchev–Trinajstić information content (AvgIpc) is 3.89. The third-order valence-corrected chi connectivity index (χ3v) is 13.4. The second-order valence-corrected chi connectivity index (χ2v) is 16.7. The molecular weight excluding hydrogens is 757 g/mol. The molecule has 0 saturated heterocycles. The molecule has 2 aromatic heterocycles. The van der Waals surface area contributed by atoms with Crippen molar-refractivity contribution in [3.05, 3.63) is 231 Å². The smallest absolute Gasteiger partial charge is 0.0562 e. The van der Waals surface area contributed by atoms with Crippen molar-refractivity contribution < 1.29 is 0 Å². The van der Waals surface area contributed by atoms with E-state index in [1.807, 2.05) is 11.3 Å². The Morgan fingerprint density at radius 2 is 0.967 bits per heavy atom. The monoisotopic (exact) mass is 794 g/mol. The molecule has 2 nitrogen and oxygen atoms in total. The molecule has 3 heteroatoms. The zero-order chi connectivity index (χ0) is 40.3. The van der Waals surface area contributed by atoms with Crippen LogP contribution < -0.4 is 4.90 Å². The highest BCUT2D eigenvalue weighted by atomic mass is 32.1. The molecule has 0 aliphatic rings. The van der Waals surface area contributed by atoms with Crippen LogP contribution in [0.3, 0.4) is 0 Å². The molecule has 12 aromatic rings. The number of thiophene rings is 1. The van der Waals surface area contributed by atoms with Gasteiger partial charge in [0.2, 0.25) is 0 Å². The van der Waals surface area contributed by atoms with E-state index in [0.717, 1.165) is 28.3 Å². The average molecular weight is 795 g/mol. The summed E-state index contributed by atoms with van der Waals surface area (Å²) in [5, 5.41) is 7.47. The summed E-state index contributed by atoms with van der Waals surface area (Å²) in [4.78, 5) is 2.51. The Morgan fingerprint density at radius 1 is 0.361 bits per heavy atom. The first kappa shape index (κ1) is 35.2. The van der Waals surface area contributed by atoms with Crippen molar-refractivity contribution in [1.29, 1.82) is 0 Å². The number of rotatable bonds is 7. The van der Waals surface area contributed by atoms with Crippen molar-refractivity contribution in [2.75, 3.05) is 4.90 Å². The van der Waals surface area contributed by atoms with Crippen molar-refractivity contribution in [1.82, 2.24) is 4.57 Å². The van der Waals surface area contributed by atoms with Gasteiger partial charge in [-0.15, -0.1) is 11.3 Å². The van der Waals surface area contributed by atoms with E-state index in [1.54, 1.807) is 0 Å². The van der Waals surface area contributed by atoms with Crippen molar-refractivity contribution in [3.8, 4) is 39.1 Å². The highest BCUT2D eigenvalue weighted by Crippen LogP contribution is 2.50. The van der Waals surface area contributed by atoms with Crippen LogP contribution in [-0.4, -0.2) is 4.57 Å². The van der Waals surface area contributed by atoms with Crippen LogP contribution in [0.5, 0.6) is 0 Å². The lowest BCUT2D eigenvalue weighted by molar-refractivity contribution is 1.18. The summed E-state index contributed by atoms with van der Waals surface area (Å²) in [6.45, 7) is 0. The van der Waals surface area contributed by atoms with Crippen molar-refractivity contribution in [3.63, 3.8) is 0 Å². The zero-order valence-electron chi connectivity index (χ0n) is 33.2. The van der Waals surface area contributed by atoms with E-state index < -0.39 is 0 Å². The minimum atomic E-state index is 1.09. The zero-order valence-corrected chi connectivity index (χ0v) is 34.1. The van der Waals surface area contributed by atoms with Gasteiger partial charge in [0, 0.05) is 53.4 Å². The first-order chi connectivity index (χ1) is 30.3. The predicted octanol–water partition coefficient (Wildman–Crippen LogP) is 16.8. The lowest BCUT2D eigenvalue weighted by Crippen LogP contribution is -2.12. The highest BCUT2D eigenvalue weighted by molar-refractivity contribution is 7.26. The largest absolute Gasteiger partial charge is 0.309 e. The lowest BCUT2D eigenvalue weighted by atomic mass is 9.92. The Hall–Kier alpha value is -7.72. The summed E-state index contributed by atoms with van der Waals surface area (Å²) in [6, 6.07) is 84.3. The van der Waals surface area contributed by atoms with Crippen molar-refractivity contribution >= 4 is 81.1 Å². The fourth-order valence-electron chi connectivity index (χ4n) is 9.53. The maximum absolute atomic E-state index is 2.51. The number of para-hydroxylation sites is 3. The summed E-state index contributed by atoms with van der Waals surface area (Å²) >= 11 is 1.88. The van der Waals surface area contributed by atoms with Gasteiger partial charge in [-0.1, -0.05) is 176 Å². The SMILES string of the molecule is c1ccc(-c2cc(N(c3ccccc3-c3cccc4ccccc34)c3cccc4c3c3ccccc3n4-c3ccccc3)ccc2-c2cccc3c2sc2ccccc23)cc1. The Bertz CT molecular complexity index is 3590. The Kier molecular flexibility index (Phi) is 8.39. The van der Waals surface area contributed by atoms with Gasteiger partial charge in [-0.25, -0.2) is 0 Å². The number of hydrogen-bond donors (Lipinski definition) is 0. The summed E-state index contributed by atoms with van der Waals surface area (Å²) < 4.78 is 5.03. The van der Waals surface area contributed by atoms with Gasteiger partial charge in [0.15, 0.2) is 0 Å². The number of anilines is 3. The third kappa shape index (κ3) is 5.78. The first-order valence-electron chi connectivity index (χ1n) is 20.9. The van der Waals surface area contributed by atoms with Crippen LogP contribution in [0.25, 0.3) is 91.8 Å². The second kappa shape index (κ2) is 14.5. The maximum atomic E-state index is 2.51. The fraction of sp³-hybridized carbons (Fsp3) is 0. The standard InChI is InChI=1S/C58H38N2S/c1-3-18-40(19-4-1)51-38-42(36-37-45(51)48-29-16-30-49-47-26-11-14-35-56(47)61-58(48)49)60(52-31-12-9-25-46(52)44-28-15-21-39-20-7-8-24-43(39)44)55-34-17-33-54-57(55)50-27-10-13-32-53(50)59(54)41-22-5-2-6-23-41/h1-38H. The van der Waals surface area contributed by atoms with E-state index in [9.17, 15) is 0 Å². The van der Waals surface area contributed by atoms with E-state index in [1.165, 1.54) is 80.6 Å². The molecule has 0 saturated carbocycles. The van der Waals surface area contributed by atoms with Gasteiger partial charge in [-0.2, -0.15) is 0 Å². The molecule has 0 aliphatic carbocycles. The summed E-state index contributed by atoms with van der Waals surface area (Å²) in [6.07, 6.45) is 0. The van der Waals surface area contributed by atoms with Gasteiger partial charge >= 0.3 is 0 Å². The van der Waals surface area contributed by atoms with Gasteiger partial charge < -0.3 is 9.47 Å². The Labute approximate surface area is 358 Å². The van der Waals surface area contributed by atoms with Crippen molar-refractivity contribution in [2.45, 2.75) is 0 Å². The molecule has 12 rings (SSSR count). The predicted molar refractivity (Wildman–Crippen MR) is 262 cm³/mol. The van der Waals surface area contributed by atoms with Gasteiger partial charge in [-0.3, -0.25) is 0 Å². The van der Waals surface area contributed by atoms with E-state index in [0.29, 0.717) is 0 Å². The van der Waals surface area contributed by atoms with Gasteiger partial charge in [0.1, 0.15) is 0 Å². The van der Waals surface area contributed by atoms with Crippen LogP contribution in [0.2, 0.25) is 0 Å². The van der Waals surface area contributed by atoms with Crippen LogP contribution in [0.4, 0.5) is 17.1 Å². The number of nitrogens with zero attached hydrogens (tertiary/aromatic N) is 2. The molecule has 0 bridgehead atoms. The molecule has 0 N–H and O–H groups in total. The second-order valence-electron chi connectivity index (χ2n) is 15.6. The normalized spacial score (nSPS) is 11.6. The molecular formula is C58H38N2S. The summed E-state index contributed by atoms with van der Waals surface area (Å²) in [7, 11) is 0. The summed E-state index contributed by atoms with van der Waals surface area (Å²) in [5.74, 6) is 0. The molecule has 61 heavy (non-hydrogen) atoms. The van der Waals surface area contributed by atoms with Gasteiger partial charge in [-0.05, 0) is 87.6 Å². The number of aromatic nitrogens is 1. The van der Waals surface area contributed by atoms with E-state index in [-0.39, 0.29) is 0 Å². The minimum Gasteiger partial charge on any atom is -0.309 e. The molecule has 286 valence electrons. The molecule has 0 atom stereocenters. The quantitative estimate of drug-likeness (QED) is 0.156. The number of hydrogen-bond acceptors (Lipinski definition) is 2. The van der Waals surface area contributed by atoms with Crippen molar-refractivity contribution in [2.24, 2.45) is 0 Å². The molecule has 0 radical (unpaired) electrons. The molecule has 0 aliphatic heterocycles. The number of fused-ring (bicyclic) bond motifs is 7. The molecule has 10 aromatic carbocycles. The first-order valence-corrected chi connectivity index (χ1v) is 21.7. The van der Waals surface area contributed by atoms with E-state index >= 15 is 0 Å². The molecule has 2 heterocycles. The molecule has 0 spiro atoms. The van der Waals surface area contributed by atoms with Crippen LogP contribution in [0, 0.1) is 0 Å². The molecule has 0 amide bonds. The van der Waals surface area contributed by atoms with Crippen LogP contribution in [0.1, 0.15) is 0 Å². The maximum Gasteiger partial charge on any atom is 0.0562 e. The minimum absolute atomic E-state index is 1.09. The fourth-order valence-corrected chi connectivity index (χ4v) is 10.8. The highest BCUT2D eigenvalue weighted by Gasteiger charge is 2.25.